The Labute approximate surface area is 101 Å². The van der Waals surface area contributed by atoms with Crippen molar-refractivity contribution in [2.75, 3.05) is 13.7 Å². The fourth-order valence-electron chi connectivity index (χ4n) is 1.08. The van der Waals surface area contributed by atoms with Crippen LogP contribution in [0.3, 0.4) is 0 Å². The number of methoxy groups -OCH3 is 1. The molecule has 0 heterocycles. The molecule has 18 heavy (non-hydrogen) atoms. The fourth-order valence-corrected chi connectivity index (χ4v) is 1.08. The van der Waals surface area contributed by atoms with Crippen LogP contribution in [0.25, 0.3) is 0 Å². The minimum absolute atomic E-state index is 0.0388. The van der Waals surface area contributed by atoms with Crippen molar-refractivity contribution in [3.8, 4) is 0 Å². The lowest BCUT2D eigenvalue weighted by Gasteiger charge is -2.22. The number of hydrogen-bond donors (Lipinski definition) is 0. The van der Waals surface area contributed by atoms with Crippen LogP contribution in [-0.2, 0) is 14.3 Å². The summed E-state index contributed by atoms with van der Waals surface area (Å²) < 4.78 is 69.4. The average Bonchev–Trinajstić information content (AvgIpc) is 2.26. The Hall–Kier alpha value is -0.920. The van der Waals surface area contributed by atoms with Crippen LogP contribution in [0, 0.1) is 0 Å². The number of carbonyl (C=O) groups is 1. The zero-order chi connectivity index (χ0) is 14.4. The Balaban J connectivity index is 4.47. The minimum atomic E-state index is -5.70. The van der Waals surface area contributed by atoms with E-state index < -0.39 is 30.8 Å². The third-order valence-electron chi connectivity index (χ3n) is 2.16. The molecule has 1 atom stereocenters. The van der Waals surface area contributed by atoms with Gasteiger partial charge in [0.15, 0.2) is 6.10 Å². The van der Waals surface area contributed by atoms with Crippen LogP contribution < -0.4 is 0 Å². The Morgan fingerprint density at radius 1 is 1.22 bits per heavy atom. The van der Waals surface area contributed by atoms with Gasteiger partial charge in [0.25, 0.3) is 0 Å². The molecule has 0 saturated heterocycles. The van der Waals surface area contributed by atoms with Crippen molar-refractivity contribution in [3.63, 3.8) is 0 Å². The molecule has 0 aromatic rings. The Kier molecular flexibility index (Phi) is 6.51. The largest absolute Gasteiger partial charge is 0.467 e. The first-order valence-electron chi connectivity index (χ1n) is 5.29. The molecule has 3 nitrogen and oxygen atoms in total. The van der Waals surface area contributed by atoms with Crippen LogP contribution in [-0.4, -0.2) is 37.9 Å². The fraction of sp³-hybridized carbons (Fsp3) is 0.900. The molecule has 1 unspecified atom stereocenters. The maximum atomic E-state index is 12.6. The van der Waals surface area contributed by atoms with Gasteiger partial charge in [0.2, 0.25) is 0 Å². The lowest BCUT2D eigenvalue weighted by molar-refractivity contribution is -0.299. The highest BCUT2D eigenvalue weighted by atomic mass is 19.4. The monoisotopic (exact) mass is 278 g/mol. The van der Waals surface area contributed by atoms with Crippen LogP contribution in [0.2, 0.25) is 0 Å². The van der Waals surface area contributed by atoms with Gasteiger partial charge in [-0.2, -0.15) is 22.0 Å². The quantitative estimate of drug-likeness (QED) is 0.530. The molecule has 0 spiro atoms. The molecule has 0 aliphatic carbocycles. The number of ether oxygens (including phenoxy) is 2. The predicted molar refractivity (Wildman–Crippen MR) is 52.3 cm³/mol. The van der Waals surface area contributed by atoms with Crippen molar-refractivity contribution in [2.45, 2.75) is 44.4 Å². The summed E-state index contributed by atoms with van der Waals surface area (Å²) in [6.07, 6.45) is -5.96. The van der Waals surface area contributed by atoms with Crippen LogP contribution in [0.15, 0.2) is 0 Å². The number of rotatable bonds is 7. The number of alkyl halides is 5. The molecule has 0 N–H and O–H groups in total. The first-order chi connectivity index (χ1) is 8.15. The molecule has 0 aromatic heterocycles. The van der Waals surface area contributed by atoms with Gasteiger partial charge in [-0.15, -0.1) is 0 Å². The molecular formula is C10H15F5O3. The molecule has 0 saturated carbocycles. The summed E-state index contributed by atoms with van der Waals surface area (Å²) in [5.41, 5.74) is 0. The number of halogens is 5. The summed E-state index contributed by atoms with van der Waals surface area (Å²) in [5.74, 6) is -5.94. The molecule has 0 aromatic carbocycles. The van der Waals surface area contributed by atoms with E-state index in [9.17, 15) is 26.7 Å². The number of hydrogen-bond acceptors (Lipinski definition) is 3. The normalized spacial score (nSPS) is 14.4. The zero-order valence-corrected chi connectivity index (χ0v) is 10.0. The third-order valence-corrected chi connectivity index (χ3v) is 2.16. The molecule has 0 amide bonds. The Morgan fingerprint density at radius 3 is 2.17 bits per heavy atom. The molecule has 0 fully saturated rings. The smallest absolute Gasteiger partial charge is 0.455 e. The van der Waals surface area contributed by atoms with E-state index in [1.54, 1.807) is 6.92 Å². The van der Waals surface area contributed by atoms with Gasteiger partial charge in [0.1, 0.15) is 6.61 Å². The summed E-state index contributed by atoms with van der Waals surface area (Å²) >= 11 is 0. The van der Waals surface area contributed by atoms with Gasteiger partial charge < -0.3 is 9.47 Å². The highest BCUT2D eigenvalue weighted by Crippen LogP contribution is 2.35. The maximum absolute atomic E-state index is 12.6. The van der Waals surface area contributed by atoms with Crippen molar-refractivity contribution in [1.29, 1.82) is 0 Å². The lowest BCUT2D eigenvalue weighted by Crippen LogP contribution is -2.43. The third kappa shape index (κ3) is 5.16. The summed E-state index contributed by atoms with van der Waals surface area (Å²) in [6.45, 7) is -0.112. The Bertz CT molecular complexity index is 265. The van der Waals surface area contributed by atoms with E-state index in [1.807, 2.05) is 0 Å². The summed E-state index contributed by atoms with van der Waals surface area (Å²) in [5, 5.41) is 0. The van der Waals surface area contributed by atoms with E-state index in [0.29, 0.717) is 12.8 Å². The van der Waals surface area contributed by atoms with E-state index in [0.717, 1.165) is 7.11 Å². The van der Waals surface area contributed by atoms with Crippen molar-refractivity contribution in [1.82, 2.24) is 0 Å². The number of carbonyl (C=O) groups excluding carboxylic acids is 1. The number of unbranched alkanes of at least 4 members (excludes halogenated alkanes) is 1. The van der Waals surface area contributed by atoms with Crippen molar-refractivity contribution in [2.24, 2.45) is 0 Å². The highest BCUT2D eigenvalue weighted by molar-refractivity contribution is 5.74. The molecule has 8 heteroatoms. The first kappa shape index (κ1) is 17.1. The molecule has 108 valence electrons. The van der Waals surface area contributed by atoms with Crippen LogP contribution in [0.1, 0.15) is 26.2 Å². The van der Waals surface area contributed by atoms with E-state index >= 15 is 0 Å². The van der Waals surface area contributed by atoms with Crippen molar-refractivity contribution < 1.29 is 36.2 Å². The van der Waals surface area contributed by atoms with E-state index in [4.69, 9.17) is 0 Å². The van der Waals surface area contributed by atoms with Gasteiger partial charge in [-0.25, -0.2) is 4.79 Å². The van der Waals surface area contributed by atoms with Crippen LogP contribution in [0.5, 0.6) is 0 Å². The van der Waals surface area contributed by atoms with Gasteiger partial charge in [-0.1, -0.05) is 19.8 Å². The summed E-state index contributed by atoms with van der Waals surface area (Å²) in [6, 6.07) is 0. The molecular weight excluding hydrogens is 263 g/mol. The van der Waals surface area contributed by atoms with Crippen LogP contribution in [0.4, 0.5) is 22.0 Å². The molecule has 0 radical (unpaired) electrons. The number of esters is 1. The van der Waals surface area contributed by atoms with Gasteiger partial charge in [-0.05, 0) is 6.42 Å². The first-order valence-corrected chi connectivity index (χ1v) is 5.29. The standard InChI is InChI=1S/C10H15F5O3/c1-3-4-5-7(8(16)17-2)18-6-9(11,12)10(13,14)15/h7H,3-6H2,1-2H3. The SMILES string of the molecule is CCCCC(OCC(F)(F)C(F)(F)F)C(=O)OC. The summed E-state index contributed by atoms with van der Waals surface area (Å²) in [4.78, 5) is 11.1. The highest BCUT2D eigenvalue weighted by Gasteiger charge is 2.58. The van der Waals surface area contributed by atoms with Crippen LogP contribution >= 0.6 is 0 Å². The molecule has 0 aliphatic rings. The molecule has 0 bridgehead atoms. The predicted octanol–water partition coefficient (Wildman–Crippen LogP) is 2.93. The molecule has 0 aliphatic heterocycles. The second-order valence-electron chi connectivity index (χ2n) is 3.67. The second-order valence-corrected chi connectivity index (χ2v) is 3.67. The van der Waals surface area contributed by atoms with Crippen molar-refractivity contribution >= 4 is 5.97 Å². The topological polar surface area (TPSA) is 35.5 Å². The summed E-state index contributed by atoms with van der Waals surface area (Å²) in [7, 11) is 1.01. The van der Waals surface area contributed by atoms with Gasteiger partial charge in [-0.3, -0.25) is 0 Å². The second kappa shape index (κ2) is 6.86. The van der Waals surface area contributed by atoms with Crippen molar-refractivity contribution in [3.05, 3.63) is 0 Å². The van der Waals surface area contributed by atoms with E-state index in [2.05, 4.69) is 9.47 Å². The maximum Gasteiger partial charge on any atom is 0.455 e. The zero-order valence-electron chi connectivity index (χ0n) is 10.0. The van der Waals surface area contributed by atoms with Gasteiger partial charge >= 0.3 is 18.1 Å². The average molecular weight is 278 g/mol. The van der Waals surface area contributed by atoms with E-state index in [1.165, 1.54) is 0 Å². The van der Waals surface area contributed by atoms with E-state index in [-0.39, 0.29) is 6.42 Å². The molecule has 0 rings (SSSR count). The lowest BCUT2D eigenvalue weighted by atomic mass is 10.1. The van der Waals surface area contributed by atoms with Gasteiger partial charge in [0, 0.05) is 0 Å². The Morgan fingerprint density at radius 2 is 1.78 bits per heavy atom. The van der Waals surface area contributed by atoms with Gasteiger partial charge in [0.05, 0.1) is 7.11 Å². The minimum Gasteiger partial charge on any atom is -0.467 e.